The zero-order chi connectivity index (χ0) is 15.4. The molecule has 3 heteroatoms. The van der Waals surface area contributed by atoms with Gasteiger partial charge in [-0.25, -0.2) is 0 Å². The van der Waals surface area contributed by atoms with Gasteiger partial charge in [-0.2, -0.15) is 0 Å². The number of Topliss-reactive ketones (excluding diaryl/α,β-unsaturated/α-hetero) is 1. The van der Waals surface area contributed by atoms with Gasteiger partial charge in [0, 0.05) is 31.9 Å². The number of para-hydroxylation sites is 1. The van der Waals surface area contributed by atoms with Crippen LogP contribution in [0, 0.1) is 0 Å². The zero-order valence-corrected chi connectivity index (χ0v) is 13.0. The maximum Gasteiger partial charge on any atom is 0.148 e. The molecule has 0 aliphatic carbocycles. The van der Waals surface area contributed by atoms with Crippen molar-refractivity contribution in [1.82, 2.24) is 4.90 Å². The van der Waals surface area contributed by atoms with Gasteiger partial charge < -0.3 is 4.90 Å². The fraction of sp³-hybridized carbons (Fsp3) is 0.316. The van der Waals surface area contributed by atoms with E-state index in [1.54, 1.807) is 6.92 Å². The fourth-order valence-corrected chi connectivity index (χ4v) is 3.09. The number of benzene rings is 2. The summed E-state index contributed by atoms with van der Waals surface area (Å²) in [6, 6.07) is 20.7. The van der Waals surface area contributed by atoms with Crippen molar-refractivity contribution in [3.05, 3.63) is 66.2 Å². The van der Waals surface area contributed by atoms with E-state index in [4.69, 9.17) is 0 Å². The van der Waals surface area contributed by atoms with E-state index in [9.17, 15) is 4.79 Å². The van der Waals surface area contributed by atoms with Crippen molar-refractivity contribution >= 4 is 11.5 Å². The van der Waals surface area contributed by atoms with Crippen LogP contribution in [0.4, 0.5) is 5.69 Å². The molecule has 3 rings (SSSR count). The largest absolute Gasteiger partial charge is 0.368 e. The average molecular weight is 294 g/mol. The van der Waals surface area contributed by atoms with E-state index in [0.29, 0.717) is 0 Å². The van der Waals surface area contributed by atoms with E-state index >= 15 is 0 Å². The number of ketones is 1. The van der Waals surface area contributed by atoms with Gasteiger partial charge in [-0.1, -0.05) is 48.5 Å². The quantitative estimate of drug-likeness (QED) is 0.866. The second-order valence-electron chi connectivity index (χ2n) is 5.86. The summed E-state index contributed by atoms with van der Waals surface area (Å²) in [5, 5.41) is 0. The normalized spacial score (nSPS) is 19.1. The van der Waals surface area contributed by atoms with Crippen LogP contribution in [0.3, 0.4) is 0 Å². The van der Waals surface area contributed by atoms with Gasteiger partial charge >= 0.3 is 0 Å². The molecule has 22 heavy (non-hydrogen) atoms. The Morgan fingerprint density at radius 2 is 1.64 bits per heavy atom. The molecule has 0 N–H and O–H groups in total. The van der Waals surface area contributed by atoms with E-state index in [0.717, 1.165) is 26.2 Å². The topological polar surface area (TPSA) is 23.6 Å². The minimum atomic E-state index is -0.0332. The highest BCUT2D eigenvalue weighted by Crippen LogP contribution is 2.20. The Balaban J connectivity index is 1.73. The molecule has 1 fully saturated rings. The number of nitrogens with zero attached hydrogens (tertiary/aromatic N) is 2. The molecule has 1 aliphatic rings. The second-order valence-corrected chi connectivity index (χ2v) is 5.86. The van der Waals surface area contributed by atoms with E-state index in [1.165, 1.54) is 11.3 Å². The SMILES string of the molecule is CC(=O)[C@H]1CN(c2ccccc2)CCN1Cc1ccccc1. The van der Waals surface area contributed by atoms with Crippen molar-refractivity contribution in [1.29, 1.82) is 0 Å². The molecule has 2 aromatic rings. The summed E-state index contributed by atoms with van der Waals surface area (Å²) in [6.45, 7) is 5.19. The average Bonchev–Trinajstić information content (AvgIpc) is 2.57. The summed E-state index contributed by atoms with van der Waals surface area (Å²) in [5.41, 5.74) is 2.47. The molecule has 0 spiro atoms. The first kappa shape index (κ1) is 14.8. The van der Waals surface area contributed by atoms with Gasteiger partial charge in [0.05, 0.1) is 6.04 Å². The molecule has 2 aromatic carbocycles. The fourth-order valence-electron chi connectivity index (χ4n) is 3.09. The van der Waals surface area contributed by atoms with Crippen LogP contribution in [-0.2, 0) is 11.3 Å². The Labute approximate surface area is 132 Å². The number of anilines is 1. The highest BCUT2D eigenvalue weighted by atomic mass is 16.1. The first-order chi connectivity index (χ1) is 10.7. The Morgan fingerprint density at radius 3 is 2.27 bits per heavy atom. The first-order valence-corrected chi connectivity index (χ1v) is 7.82. The molecule has 3 nitrogen and oxygen atoms in total. The van der Waals surface area contributed by atoms with Gasteiger partial charge in [0.15, 0.2) is 0 Å². The molecule has 0 radical (unpaired) electrons. The highest BCUT2D eigenvalue weighted by molar-refractivity contribution is 5.82. The monoisotopic (exact) mass is 294 g/mol. The third kappa shape index (κ3) is 3.37. The molecular weight excluding hydrogens is 272 g/mol. The van der Waals surface area contributed by atoms with Gasteiger partial charge in [0.2, 0.25) is 0 Å². The lowest BCUT2D eigenvalue weighted by molar-refractivity contribution is -0.122. The Hall–Kier alpha value is -2.13. The van der Waals surface area contributed by atoms with Crippen molar-refractivity contribution in [2.75, 3.05) is 24.5 Å². The van der Waals surface area contributed by atoms with Crippen LogP contribution >= 0.6 is 0 Å². The zero-order valence-electron chi connectivity index (χ0n) is 13.0. The van der Waals surface area contributed by atoms with Crippen molar-refractivity contribution in [3.63, 3.8) is 0 Å². The number of rotatable bonds is 4. The van der Waals surface area contributed by atoms with Crippen LogP contribution in [-0.4, -0.2) is 36.4 Å². The smallest absolute Gasteiger partial charge is 0.148 e. The van der Waals surface area contributed by atoms with Crippen molar-refractivity contribution in [2.24, 2.45) is 0 Å². The Morgan fingerprint density at radius 1 is 1.00 bits per heavy atom. The molecule has 0 bridgehead atoms. The lowest BCUT2D eigenvalue weighted by Gasteiger charge is -2.41. The van der Waals surface area contributed by atoms with Crippen LogP contribution < -0.4 is 4.90 Å². The minimum absolute atomic E-state index is 0.0332. The van der Waals surface area contributed by atoms with E-state index < -0.39 is 0 Å². The third-order valence-corrected chi connectivity index (χ3v) is 4.31. The van der Waals surface area contributed by atoms with Crippen LogP contribution in [0.15, 0.2) is 60.7 Å². The van der Waals surface area contributed by atoms with Crippen LogP contribution in [0.5, 0.6) is 0 Å². The molecule has 1 aliphatic heterocycles. The van der Waals surface area contributed by atoms with Crippen LogP contribution in [0.25, 0.3) is 0 Å². The standard InChI is InChI=1S/C19H22N2O/c1-16(22)19-15-20(18-10-6-3-7-11-18)12-13-21(19)14-17-8-4-2-5-9-17/h2-11,19H,12-15H2,1H3/t19-/m1/s1. The summed E-state index contributed by atoms with van der Waals surface area (Å²) in [6.07, 6.45) is 0. The minimum Gasteiger partial charge on any atom is -0.368 e. The molecule has 0 amide bonds. The van der Waals surface area contributed by atoms with Gasteiger partial charge in [0.25, 0.3) is 0 Å². The lowest BCUT2D eigenvalue weighted by Crippen LogP contribution is -2.55. The molecule has 0 aromatic heterocycles. The molecule has 114 valence electrons. The maximum absolute atomic E-state index is 12.1. The summed E-state index contributed by atoms with van der Waals surface area (Å²) >= 11 is 0. The Kier molecular flexibility index (Phi) is 4.54. The second kappa shape index (κ2) is 6.75. The van der Waals surface area contributed by atoms with Crippen LogP contribution in [0.2, 0.25) is 0 Å². The number of carbonyl (C=O) groups is 1. The summed E-state index contributed by atoms with van der Waals surface area (Å²) in [5.74, 6) is 0.247. The molecule has 0 unspecified atom stereocenters. The number of hydrogen-bond donors (Lipinski definition) is 0. The highest BCUT2D eigenvalue weighted by Gasteiger charge is 2.30. The Bertz CT molecular complexity index is 612. The number of carbonyl (C=O) groups excluding carboxylic acids is 1. The molecule has 1 atom stereocenters. The first-order valence-electron chi connectivity index (χ1n) is 7.82. The van der Waals surface area contributed by atoms with Crippen molar-refractivity contribution < 1.29 is 4.79 Å². The maximum atomic E-state index is 12.1. The van der Waals surface area contributed by atoms with Gasteiger partial charge in [-0.3, -0.25) is 9.69 Å². The van der Waals surface area contributed by atoms with E-state index in [2.05, 4.69) is 58.3 Å². The predicted octanol–water partition coefficient (Wildman–Crippen LogP) is 2.97. The molecule has 1 heterocycles. The van der Waals surface area contributed by atoms with E-state index in [-0.39, 0.29) is 11.8 Å². The summed E-state index contributed by atoms with van der Waals surface area (Å²) < 4.78 is 0. The predicted molar refractivity (Wildman–Crippen MR) is 90.0 cm³/mol. The van der Waals surface area contributed by atoms with Crippen molar-refractivity contribution in [2.45, 2.75) is 19.5 Å². The van der Waals surface area contributed by atoms with E-state index in [1.807, 2.05) is 12.1 Å². The van der Waals surface area contributed by atoms with Gasteiger partial charge in [0.1, 0.15) is 5.78 Å². The van der Waals surface area contributed by atoms with Gasteiger partial charge in [-0.15, -0.1) is 0 Å². The number of piperazine rings is 1. The van der Waals surface area contributed by atoms with Crippen LogP contribution in [0.1, 0.15) is 12.5 Å². The summed E-state index contributed by atoms with van der Waals surface area (Å²) in [7, 11) is 0. The molecule has 1 saturated heterocycles. The third-order valence-electron chi connectivity index (χ3n) is 4.31. The lowest BCUT2D eigenvalue weighted by atomic mass is 10.1. The summed E-state index contributed by atoms with van der Waals surface area (Å²) in [4.78, 5) is 16.7. The molecular formula is C19H22N2O. The van der Waals surface area contributed by atoms with Crippen molar-refractivity contribution in [3.8, 4) is 0 Å². The number of hydrogen-bond acceptors (Lipinski definition) is 3. The van der Waals surface area contributed by atoms with Gasteiger partial charge in [-0.05, 0) is 24.6 Å². The molecule has 0 saturated carbocycles.